The fraction of sp³-hybridized carbons (Fsp3) is 0.424. The molecule has 0 saturated carbocycles. The van der Waals surface area contributed by atoms with Gasteiger partial charge in [0.25, 0.3) is 0 Å². The van der Waals surface area contributed by atoms with Gasteiger partial charge in [0, 0.05) is 56.0 Å². The van der Waals surface area contributed by atoms with Crippen LogP contribution in [0.1, 0.15) is 35.4 Å². The van der Waals surface area contributed by atoms with Crippen molar-refractivity contribution in [3.05, 3.63) is 76.6 Å². The number of halogens is 2. The summed E-state index contributed by atoms with van der Waals surface area (Å²) in [5.41, 5.74) is 3.91. The van der Waals surface area contributed by atoms with Gasteiger partial charge in [0.2, 0.25) is 0 Å². The second-order valence-corrected chi connectivity index (χ2v) is 12.2. The molecule has 232 valence electrons. The normalized spacial score (nSPS) is 24.4. The number of anilines is 3. The number of methoxy groups -OCH3 is 1. The summed E-state index contributed by atoms with van der Waals surface area (Å²) in [7, 11) is 1.40. The molecule has 4 aliphatic rings. The zero-order chi connectivity index (χ0) is 30.4. The molecule has 9 nitrogen and oxygen atoms in total. The Hall–Kier alpha value is -3.73. The molecule has 0 spiro atoms. The van der Waals surface area contributed by atoms with Crippen LogP contribution in [-0.2, 0) is 9.47 Å². The van der Waals surface area contributed by atoms with Crippen molar-refractivity contribution in [2.75, 3.05) is 68.2 Å². The van der Waals surface area contributed by atoms with Gasteiger partial charge in [-0.3, -0.25) is 4.90 Å². The van der Waals surface area contributed by atoms with Crippen LogP contribution in [-0.4, -0.2) is 82.2 Å². The summed E-state index contributed by atoms with van der Waals surface area (Å²) < 4.78 is 38.0. The van der Waals surface area contributed by atoms with Gasteiger partial charge in [-0.05, 0) is 55.8 Å². The van der Waals surface area contributed by atoms with Crippen LogP contribution in [0.3, 0.4) is 0 Å². The van der Waals surface area contributed by atoms with Gasteiger partial charge in [0.1, 0.15) is 18.6 Å². The molecule has 1 N–H and O–H groups in total. The number of ether oxygens (including phenoxy) is 4. The quantitative estimate of drug-likeness (QED) is 0.352. The third kappa shape index (κ3) is 5.50. The summed E-state index contributed by atoms with van der Waals surface area (Å²) in [5.74, 6) is 0.551. The van der Waals surface area contributed by atoms with E-state index in [2.05, 4.69) is 26.9 Å². The van der Waals surface area contributed by atoms with E-state index in [0.29, 0.717) is 27.6 Å². The monoisotopic (exact) mass is 622 g/mol. The first-order valence-electron chi connectivity index (χ1n) is 15.1. The number of para-hydroxylation sites is 1. The molecule has 4 unspecified atom stereocenters. The third-order valence-electron chi connectivity index (χ3n) is 9.05. The van der Waals surface area contributed by atoms with Crippen LogP contribution in [0, 0.1) is 5.82 Å². The van der Waals surface area contributed by atoms with Crippen molar-refractivity contribution >= 4 is 34.6 Å². The van der Waals surface area contributed by atoms with Gasteiger partial charge in [0.05, 0.1) is 35.8 Å². The van der Waals surface area contributed by atoms with Crippen molar-refractivity contribution in [1.82, 2.24) is 4.90 Å². The van der Waals surface area contributed by atoms with Gasteiger partial charge in [-0.15, -0.1) is 0 Å². The molecule has 3 aromatic carbocycles. The van der Waals surface area contributed by atoms with Gasteiger partial charge in [-0.2, -0.15) is 0 Å². The average Bonchev–Trinajstić information content (AvgIpc) is 3.34. The maximum absolute atomic E-state index is 14.7. The maximum atomic E-state index is 14.7. The number of esters is 1. The van der Waals surface area contributed by atoms with Gasteiger partial charge in [-0.25, -0.2) is 9.18 Å². The largest absolute Gasteiger partial charge is 0.485 e. The number of rotatable bonds is 7. The third-order valence-corrected chi connectivity index (χ3v) is 9.29. The molecule has 0 aliphatic carbocycles. The van der Waals surface area contributed by atoms with Crippen LogP contribution in [0.25, 0.3) is 0 Å². The Morgan fingerprint density at radius 1 is 1.11 bits per heavy atom. The van der Waals surface area contributed by atoms with Crippen LogP contribution in [0.2, 0.25) is 5.02 Å². The molecule has 0 aromatic heterocycles. The number of carbonyl (C=O) groups is 1. The van der Waals surface area contributed by atoms with Crippen LogP contribution in [0.15, 0.2) is 54.6 Å². The Morgan fingerprint density at radius 3 is 2.73 bits per heavy atom. The second-order valence-electron chi connectivity index (χ2n) is 11.8. The van der Waals surface area contributed by atoms with Crippen molar-refractivity contribution in [2.24, 2.45) is 0 Å². The first-order valence-corrected chi connectivity index (χ1v) is 15.5. The molecular weight excluding hydrogens is 587 g/mol. The van der Waals surface area contributed by atoms with Gasteiger partial charge in [-0.1, -0.05) is 23.7 Å². The Balaban J connectivity index is 1.06. The average molecular weight is 623 g/mol. The van der Waals surface area contributed by atoms with Crippen molar-refractivity contribution in [3.63, 3.8) is 0 Å². The zero-order valence-electron chi connectivity index (χ0n) is 24.8. The lowest BCUT2D eigenvalue weighted by atomic mass is 10.1. The minimum atomic E-state index is -0.569. The summed E-state index contributed by atoms with van der Waals surface area (Å²) in [6.07, 6.45) is 0.675. The van der Waals surface area contributed by atoms with E-state index in [1.54, 1.807) is 18.2 Å². The van der Waals surface area contributed by atoms with Crippen LogP contribution in [0.4, 0.5) is 21.5 Å². The second kappa shape index (κ2) is 12.0. The van der Waals surface area contributed by atoms with Crippen molar-refractivity contribution in [3.8, 4) is 11.5 Å². The van der Waals surface area contributed by atoms with Gasteiger partial charge in [0.15, 0.2) is 17.6 Å². The van der Waals surface area contributed by atoms with Crippen molar-refractivity contribution in [2.45, 2.75) is 37.8 Å². The molecule has 3 aromatic rings. The standard InChI is InChI=1S/C33H36ClFN4O5/c1-20-16-38(27-4-3-5-29-32(27)44-30(19-43-29)24-8-7-22(34)15-25(24)35)12-11-37(20)18-31-36-26-9-6-21(33(40)41-2)14-28(26)39(31)17-23-10-13-42-23/h3-9,14-15,20,23,30-31,36H,10-13,16-19H2,1-2H3. The molecule has 4 heterocycles. The first-order chi connectivity index (χ1) is 21.4. The summed E-state index contributed by atoms with van der Waals surface area (Å²) in [6.45, 7) is 7.23. The molecule has 0 radical (unpaired) electrons. The molecule has 44 heavy (non-hydrogen) atoms. The Labute approximate surface area is 261 Å². The summed E-state index contributed by atoms with van der Waals surface area (Å²) in [4.78, 5) is 19.4. The molecule has 11 heteroatoms. The van der Waals surface area contributed by atoms with E-state index in [4.69, 9.17) is 30.5 Å². The lowest BCUT2D eigenvalue weighted by molar-refractivity contribution is -0.0452. The van der Waals surface area contributed by atoms with E-state index in [9.17, 15) is 9.18 Å². The van der Waals surface area contributed by atoms with E-state index in [1.807, 2.05) is 30.3 Å². The predicted molar refractivity (Wildman–Crippen MR) is 167 cm³/mol. The lowest BCUT2D eigenvalue weighted by Gasteiger charge is -2.44. The lowest BCUT2D eigenvalue weighted by Crippen LogP contribution is -2.57. The van der Waals surface area contributed by atoms with E-state index in [-0.39, 0.29) is 30.9 Å². The number of fused-ring (bicyclic) bond motifs is 2. The number of hydrogen-bond donors (Lipinski definition) is 1. The zero-order valence-corrected chi connectivity index (χ0v) is 25.6. The molecule has 2 saturated heterocycles. The molecule has 4 aliphatic heterocycles. The Kier molecular flexibility index (Phi) is 7.90. The Morgan fingerprint density at radius 2 is 1.98 bits per heavy atom. The van der Waals surface area contributed by atoms with Crippen molar-refractivity contribution in [1.29, 1.82) is 0 Å². The molecule has 0 amide bonds. The highest BCUT2D eigenvalue weighted by Crippen LogP contribution is 2.45. The molecule has 0 bridgehead atoms. The highest BCUT2D eigenvalue weighted by atomic mass is 35.5. The van der Waals surface area contributed by atoms with E-state index in [1.165, 1.54) is 13.2 Å². The Bertz CT molecular complexity index is 1550. The fourth-order valence-electron chi connectivity index (χ4n) is 6.53. The summed E-state index contributed by atoms with van der Waals surface area (Å²) >= 11 is 5.98. The number of nitrogens with zero attached hydrogens (tertiary/aromatic N) is 3. The predicted octanol–water partition coefficient (Wildman–Crippen LogP) is 5.34. The van der Waals surface area contributed by atoms with Crippen LogP contribution < -0.4 is 24.6 Å². The highest BCUT2D eigenvalue weighted by molar-refractivity contribution is 6.30. The van der Waals surface area contributed by atoms with Crippen LogP contribution >= 0.6 is 11.6 Å². The van der Waals surface area contributed by atoms with Crippen molar-refractivity contribution < 1.29 is 28.1 Å². The maximum Gasteiger partial charge on any atom is 0.337 e. The topological polar surface area (TPSA) is 75.7 Å². The minimum Gasteiger partial charge on any atom is -0.485 e. The summed E-state index contributed by atoms with van der Waals surface area (Å²) in [6, 6.07) is 16.5. The number of carbonyl (C=O) groups excluding carboxylic acids is 1. The number of piperazine rings is 1. The highest BCUT2D eigenvalue weighted by Gasteiger charge is 2.37. The molecular formula is C33H36ClFN4O5. The SMILES string of the molecule is COC(=O)c1ccc2c(c1)N(CC1CCO1)C(CN1CCN(c3cccc4c3OC(c3ccc(Cl)cc3F)CO4)CC1C)N2. The number of hydrogen-bond acceptors (Lipinski definition) is 9. The van der Waals surface area contributed by atoms with E-state index >= 15 is 0 Å². The number of benzene rings is 3. The molecule has 2 fully saturated rings. The van der Waals surface area contributed by atoms with E-state index in [0.717, 1.165) is 62.8 Å². The van der Waals surface area contributed by atoms with Gasteiger partial charge >= 0.3 is 5.97 Å². The van der Waals surface area contributed by atoms with E-state index < -0.39 is 11.9 Å². The minimum absolute atomic E-state index is 0.0346. The van der Waals surface area contributed by atoms with Crippen LogP contribution in [0.5, 0.6) is 11.5 Å². The van der Waals surface area contributed by atoms with Gasteiger partial charge < -0.3 is 34.1 Å². The smallest absolute Gasteiger partial charge is 0.337 e. The fourth-order valence-corrected chi connectivity index (χ4v) is 6.69. The first kappa shape index (κ1) is 29.0. The molecule has 7 rings (SSSR count). The molecule has 4 atom stereocenters. The summed E-state index contributed by atoms with van der Waals surface area (Å²) in [5, 5.41) is 4.04. The number of nitrogens with one attached hydrogen (secondary N) is 1.